The molecule has 0 spiro atoms. The number of nitrogens with one attached hydrogen (secondary N) is 1. The quantitative estimate of drug-likeness (QED) is 0.941. The number of benzene rings is 2. The third kappa shape index (κ3) is 3.15. The summed E-state index contributed by atoms with van der Waals surface area (Å²) in [5.74, 6) is 0.442. The molecule has 0 bridgehead atoms. The number of nitrogens with zero attached hydrogens (tertiary/aromatic N) is 1. The topological polar surface area (TPSA) is 58.5 Å². The summed E-state index contributed by atoms with van der Waals surface area (Å²) in [5.41, 5.74) is 4.37. The normalized spacial score (nSPS) is 18.5. The molecule has 1 unspecified atom stereocenters. The predicted octanol–water partition coefficient (Wildman–Crippen LogP) is 2.97. The molecule has 3 rings (SSSR count). The second-order valence-corrected chi connectivity index (χ2v) is 7.71. The van der Waals surface area contributed by atoms with Crippen LogP contribution in [-0.4, -0.2) is 20.3 Å². The Kier molecular flexibility index (Phi) is 3.98. The molecule has 1 aliphatic heterocycles. The number of hydrogen-bond donors (Lipinski definition) is 1. The first-order chi connectivity index (χ1) is 10.9. The fourth-order valence-electron chi connectivity index (χ4n) is 2.89. The molecule has 1 heterocycles. The van der Waals surface area contributed by atoms with E-state index in [0.29, 0.717) is 16.3 Å². The van der Waals surface area contributed by atoms with Gasteiger partial charge in [-0.15, -0.1) is 0 Å². The lowest BCUT2D eigenvalue weighted by Gasteiger charge is -2.11. The SMILES string of the molecule is Cc1ccc(CC(C)N=C2NS(=O)(=O)c3ccccc32)c(C)c1. The van der Waals surface area contributed by atoms with E-state index >= 15 is 0 Å². The van der Waals surface area contributed by atoms with Crippen LogP contribution in [0, 0.1) is 13.8 Å². The van der Waals surface area contributed by atoms with Crippen LogP contribution in [0.15, 0.2) is 52.4 Å². The van der Waals surface area contributed by atoms with Gasteiger partial charge in [0.25, 0.3) is 10.0 Å². The van der Waals surface area contributed by atoms with Crippen LogP contribution in [-0.2, 0) is 16.4 Å². The van der Waals surface area contributed by atoms with Crippen LogP contribution in [0.25, 0.3) is 0 Å². The molecule has 4 nitrogen and oxygen atoms in total. The Labute approximate surface area is 137 Å². The summed E-state index contributed by atoms with van der Waals surface area (Å²) in [6.45, 7) is 6.17. The molecule has 0 amide bonds. The summed E-state index contributed by atoms with van der Waals surface area (Å²) in [5, 5.41) is 0. The van der Waals surface area contributed by atoms with Crippen LogP contribution in [0.1, 0.15) is 29.2 Å². The molecule has 0 saturated heterocycles. The highest BCUT2D eigenvalue weighted by Crippen LogP contribution is 2.23. The highest BCUT2D eigenvalue weighted by Gasteiger charge is 2.30. The Morgan fingerprint density at radius 2 is 1.87 bits per heavy atom. The van der Waals surface area contributed by atoms with Crippen LogP contribution in [0.2, 0.25) is 0 Å². The zero-order valence-electron chi connectivity index (χ0n) is 13.5. The van der Waals surface area contributed by atoms with E-state index in [1.807, 2.05) is 13.0 Å². The van der Waals surface area contributed by atoms with E-state index in [1.54, 1.807) is 18.2 Å². The largest absolute Gasteiger partial charge is 0.264 e. The molecule has 1 aliphatic rings. The minimum absolute atomic E-state index is 0.0136. The van der Waals surface area contributed by atoms with Gasteiger partial charge in [-0.25, -0.2) is 8.42 Å². The lowest BCUT2D eigenvalue weighted by atomic mass is 10.00. The highest BCUT2D eigenvalue weighted by atomic mass is 32.2. The molecule has 120 valence electrons. The number of hydrogen-bond acceptors (Lipinski definition) is 3. The van der Waals surface area contributed by atoms with Crippen LogP contribution >= 0.6 is 0 Å². The molecular formula is C18H20N2O2S. The summed E-state index contributed by atoms with van der Waals surface area (Å²) in [6.07, 6.45) is 0.777. The van der Waals surface area contributed by atoms with Gasteiger partial charge in [-0.1, -0.05) is 35.9 Å². The molecule has 2 aromatic rings. The van der Waals surface area contributed by atoms with E-state index < -0.39 is 10.0 Å². The molecule has 1 N–H and O–H groups in total. The average molecular weight is 328 g/mol. The molecule has 5 heteroatoms. The molecule has 0 aliphatic carbocycles. The summed E-state index contributed by atoms with van der Waals surface area (Å²) < 4.78 is 26.8. The zero-order valence-corrected chi connectivity index (χ0v) is 14.3. The van der Waals surface area contributed by atoms with Crippen molar-refractivity contribution in [1.82, 2.24) is 4.72 Å². The van der Waals surface area contributed by atoms with Gasteiger partial charge in [-0.3, -0.25) is 9.71 Å². The number of sulfonamides is 1. The van der Waals surface area contributed by atoms with E-state index in [4.69, 9.17) is 0 Å². The number of fused-ring (bicyclic) bond motifs is 1. The van der Waals surface area contributed by atoms with Gasteiger partial charge in [0.15, 0.2) is 0 Å². The van der Waals surface area contributed by atoms with Crippen molar-refractivity contribution in [3.63, 3.8) is 0 Å². The van der Waals surface area contributed by atoms with Gasteiger partial charge in [0.2, 0.25) is 0 Å². The Hall–Kier alpha value is -2.14. The van der Waals surface area contributed by atoms with Crippen molar-refractivity contribution in [2.45, 2.75) is 38.1 Å². The first kappa shape index (κ1) is 15.7. The van der Waals surface area contributed by atoms with Gasteiger partial charge in [0, 0.05) is 5.56 Å². The summed E-state index contributed by atoms with van der Waals surface area (Å²) in [6, 6.07) is 13.3. The molecule has 0 aromatic heterocycles. The number of aliphatic imine (C=N–C) groups is 1. The Morgan fingerprint density at radius 1 is 1.13 bits per heavy atom. The van der Waals surface area contributed by atoms with Crippen LogP contribution in [0.5, 0.6) is 0 Å². The molecule has 0 saturated carbocycles. The summed E-state index contributed by atoms with van der Waals surface area (Å²) >= 11 is 0. The van der Waals surface area contributed by atoms with Crippen molar-refractivity contribution in [3.8, 4) is 0 Å². The molecule has 0 fully saturated rings. The number of aryl methyl sites for hydroxylation is 2. The summed E-state index contributed by atoms with van der Waals surface area (Å²) in [4.78, 5) is 4.90. The number of rotatable bonds is 3. The average Bonchev–Trinajstić information content (AvgIpc) is 2.74. The Balaban J connectivity index is 1.88. The first-order valence-electron chi connectivity index (χ1n) is 7.63. The van der Waals surface area contributed by atoms with Crippen molar-refractivity contribution in [2.75, 3.05) is 0 Å². The van der Waals surface area contributed by atoms with Crippen molar-refractivity contribution in [2.24, 2.45) is 4.99 Å². The standard InChI is InChI=1S/C18H20N2O2S/c1-12-8-9-15(13(2)10-12)11-14(3)19-18-16-6-4-5-7-17(16)23(21,22)20-18/h4-10,14H,11H2,1-3H3,(H,19,20). The third-order valence-corrected chi connectivity index (χ3v) is 5.42. The molecular weight excluding hydrogens is 308 g/mol. The van der Waals surface area contributed by atoms with Gasteiger partial charge < -0.3 is 0 Å². The van der Waals surface area contributed by atoms with Crippen molar-refractivity contribution in [3.05, 3.63) is 64.7 Å². The van der Waals surface area contributed by atoms with Crippen molar-refractivity contribution in [1.29, 1.82) is 0 Å². The molecule has 1 atom stereocenters. The van der Waals surface area contributed by atoms with E-state index in [1.165, 1.54) is 16.7 Å². The maximum atomic E-state index is 12.1. The van der Waals surface area contributed by atoms with E-state index in [2.05, 4.69) is 41.8 Å². The second-order valence-electron chi connectivity index (χ2n) is 6.06. The van der Waals surface area contributed by atoms with E-state index in [-0.39, 0.29) is 6.04 Å². The highest BCUT2D eigenvalue weighted by molar-refractivity contribution is 7.90. The fraction of sp³-hybridized carbons (Fsp3) is 0.278. The Bertz CT molecular complexity index is 886. The maximum Gasteiger partial charge on any atom is 0.263 e. The third-order valence-electron chi connectivity index (χ3n) is 4.03. The monoisotopic (exact) mass is 328 g/mol. The zero-order chi connectivity index (χ0) is 16.6. The van der Waals surface area contributed by atoms with E-state index in [9.17, 15) is 8.42 Å². The van der Waals surface area contributed by atoms with Gasteiger partial charge in [-0.2, -0.15) is 0 Å². The van der Waals surface area contributed by atoms with Crippen LogP contribution in [0.4, 0.5) is 0 Å². The van der Waals surface area contributed by atoms with Crippen LogP contribution in [0.3, 0.4) is 0 Å². The maximum absolute atomic E-state index is 12.1. The lowest BCUT2D eigenvalue weighted by molar-refractivity contribution is 0.595. The van der Waals surface area contributed by atoms with Crippen LogP contribution < -0.4 is 4.72 Å². The lowest BCUT2D eigenvalue weighted by Crippen LogP contribution is -2.24. The van der Waals surface area contributed by atoms with Gasteiger partial charge in [-0.05, 0) is 50.5 Å². The Morgan fingerprint density at radius 3 is 2.61 bits per heavy atom. The smallest absolute Gasteiger partial charge is 0.263 e. The minimum Gasteiger partial charge on any atom is -0.264 e. The van der Waals surface area contributed by atoms with Gasteiger partial charge in [0.1, 0.15) is 5.84 Å². The fourth-order valence-corrected chi connectivity index (χ4v) is 4.13. The van der Waals surface area contributed by atoms with Crippen molar-refractivity contribution < 1.29 is 8.42 Å². The van der Waals surface area contributed by atoms with E-state index in [0.717, 1.165) is 6.42 Å². The van der Waals surface area contributed by atoms with Gasteiger partial charge in [0.05, 0.1) is 10.9 Å². The van der Waals surface area contributed by atoms with Gasteiger partial charge >= 0.3 is 0 Å². The minimum atomic E-state index is -3.47. The molecule has 0 radical (unpaired) electrons. The molecule has 2 aromatic carbocycles. The number of amidine groups is 1. The second kappa shape index (κ2) is 5.81. The summed E-state index contributed by atoms with van der Waals surface area (Å²) in [7, 11) is -3.47. The predicted molar refractivity (Wildman–Crippen MR) is 92.4 cm³/mol. The molecule has 23 heavy (non-hydrogen) atoms. The first-order valence-corrected chi connectivity index (χ1v) is 9.11. The van der Waals surface area contributed by atoms with Crippen molar-refractivity contribution >= 4 is 15.9 Å².